The van der Waals surface area contributed by atoms with Crippen LogP contribution in [0.3, 0.4) is 0 Å². The number of hydrogen-bond acceptors (Lipinski definition) is 4. The van der Waals surface area contributed by atoms with Crippen LogP contribution in [0, 0.1) is 0 Å². The quantitative estimate of drug-likeness (QED) is 0.790. The summed E-state index contributed by atoms with van der Waals surface area (Å²) in [6.07, 6.45) is 0.969. The van der Waals surface area contributed by atoms with Gasteiger partial charge in [0.15, 0.2) is 0 Å². The Balaban J connectivity index is 2.61. The summed E-state index contributed by atoms with van der Waals surface area (Å²) in [5.41, 5.74) is -1.65. The molecule has 1 saturated carbocycles. The summed E-state index contributed by atoms with van der Waals surface area (Å²) in [6, 6.07) is 0. The van der Waals surface area contributed by atoms with Crippen molar-refractivity contribution in [1.82, 2.24) is 5.32 Å². The number of alkyl carbamates (subject to hydrolysis) is 1. The van der Waals surface area contributed by atoms with Gasteiger partial charge in [-0.05, 0) is 40.0 Å². The zero-order valence-corrected chi connectivity index (χ0v) is 11.1. The Kier molecular flexibility index (Phi) is 3.71. The fraction of sp³-hybridized carbons (Fsp3) is 0.900. The van der Waals surface area contributed by atoms with Gasteiger partial charge in [-0.2, -0.15) is 8.42 Å². The van der Waals surface area contributed by atoms with Crippen LogP contribution in [-0.2, 0) is 15.0 Å². The molecule has 1 aliphatic carbocycles. The van der Waals surface area contributed by atoms with Gasteiger partial charge in [0.05, 0.1) is 5.54 Å². The summed E-state index contributed by atoms with van der Waals surface area (Å²) in [5.74, 6) is -0.681. The molecular formula is C10H18FNO4S. The Morgan fingerprint density at radius 1 is 1.41 bits per heavy atom. The lowest BCUT2D eigenvalue weighted by Crippen LogP contribution is -2.58. The van der Waals surface area contributed by atoms with Gasteiger partial charge in [0, 0.05) is 0 Å². The first-order valence-corrected chi connectivity index (χ1v) is 7.00. The van der Waals surface area contributed by atoms with Crippen molar-refractivity contribution in [1.29, 1.82) is 0 Å². The highest BCUT2D eigenvalue weighted by atomic mass is 32.3. The van der Waals surface area contributed by atoms with Gasteiger partial charge in [-0.25, -0.2) is 4.79 Å². The number of carbonyl (C=O) groups is 1. The van der Waals surface area contributed by atoms with E-state index in [1.54, 1.807) is 20.8 Å². The SMILES string of the molecule is CC(C)(C)OC(=O)NC1(CS(=O)(=O)F)CCC1. The molecule has 1 aliphatic rings. The molecule has 0 aromatic rings. The molecule has 7 heteroatoms. The van der Waals surface area contributed by atoms with E-state index in [-0.39, 0.29) is 0 Å². The molecular weight excluding hydrogens is 249 g/mol. The molecule has 1 fully saturated rings. The topological polar surface area (TPSA) is 72.5 Å². The van der Waals surface area contributed by atoms with E-state index >= 15 is 0 Å². The number of amides is 1. The van der Waals surface area contributed by atoms with Crippen LogP contribution < -0.4 is 5.32 Å². The van der Waals surface area contributed by atoms with Gasteiger partial charge in [0.1, 0.15) is 11.4 Å². The minimum atomic E-state index is -4.60. The third kappa shape index (κ3) is 4.89. The first kappa shape index (κ1) is 14.2. The first-order valence-electron chi connectivity index (χ1n) is 5.45. The summed E-state index contributed by atoms with van der Waals surface area (Å²) >= 11 is 0. The Morgan fingerprint density at radius 2 is 1.94 bits per heavy atom. The Morgan fingerprint density at radius 3 is 2.24 bits per heavy atom. The summed E-state index contributed by atoms with van der Waals surface area (Å²) in [6.45, 7) is 5.10. The normalized spacial score (nSPS) is 19.3. The van der Waals surface area contributed by atoms with Gasteiger partial charge in [-0.15, -0.1) is 3.89 Å². The van der Waals surface area contributed by atoms with Gasteiger partial charge in [-0.1, -0.05) is 0 Å². The predicted octanol–water partition coefficient (Wildman–Crippen LogP) is 1.73. The average molecular weight is 267 g/mol. The molecule has 5 nitrogen and oxygen atoms in total. The summed E-state index contributed by atoms with van der Waals surface area (Å²) in [5, 5.41) is 2.46. The molecule has 0 aromatic heterocycles. The summed E-state index contributed by atoms with van der Waals surface area (Å²) in [7, 11) is -4.60. The van der Waals surface area contributed by atoms with E-state index < -0.39 is 33.2 Å². The molecule has 0 unspecified atom stereocenters. The van der Waals surface area contributed by atoms with E-state index in [1.165, 1.54) is 0 Å². The average Bonchev–Trinajstić information content (AvgIpc) is 1.93. The Labute approximate surface area is 101 Å². The van der Waals surface area contributed by atoms with Crippen molar-refractivity contribution in [2.45, 2.75) is 51.2 Å². The van der Waals surface area contributed by atoms with Crippen LogP contribution in [0.15, 0.2) is 0 Å². The van der Waals surface area contributed by atoms with E-state index in [1.807, 2.05) is 0 Å². The van der Waals surface area contributed by atoms with Crippen molar-refractivity contribution >= 4 is 16.3 Å². The molecule has 0 bridgehead atoms. The largest absolute Gasteiger partial charge is 0.444 e. The van der Waals surface area contributed by atoms with Crippen LogP contribution in [0.5, 0.6) is 0 Å². The molecule has 17 heavy (non-hydrogen) atoms. The number of halogens is 1. The minimum absolute atomic E-state index is 0.454. The third-order valence-electron chi connectivity index (χ3n) is 2.53. The molecule has 0 aromatic carbocycles. The molecule has 1 N–H and O–H groups in total. The van der Waals surface area contributed by atoms with E-state index in [0.717, 1.165) is 6.42 Å². The third-order valence-corrected chi connectivity index (χ3v) is 3.42. The summed E-state index contributed by atoms with van der Waals surface area (Å²) < 4.78 is 39.0. The van der Waals surface area contributed by atoms with Gasteiger partial charge in [-0.3, -0.25) is 0 Å². The monoisotopic (exact) mass is 267 g/mol. The van der Waals surface area contributed by atoms with E-state index in [2.05, 4.69) is 5.32 Å². The molecule has 100 valence electrons. The highest BCUT2D eigenvalue weighted by Crippen LogP contribution is 2.33. The van der Waals surface area contributed by atoms with Crippen LogP contribution in [0.4, 0.5) is 8.68 Å². The lowest BCUT2D eigenvalue weighted by molar-refractivity contribution is 0.0408. The number of nitrogens with one attached hydrogen (secondary N) is 1. The van der Waals surface area contributed by atoms with Crippen LogP contribution in [0.25, 0.3) is 0 Å². The minimum Gasteiger partial charge on any atom is -0.444 e. The van der Waals surface area contributed by atoms with Gasteiger partial charge >= 0.3 is 16.3 Å². The Hall–Kier alpha value is -0.850. The number of carbonyl (C=O) groups excluding carboxylic acids is 1. The molecule has 1 rings (SSSR count). The maximum atomic E-state index is 12.7. The van der Waals surface area contributed by atoms with E-state index in [0.29, 0.717) is 12.8 Å². The number of rotatable bonds is 3. The molecule has 1 amide bonds. The fourth-order valence-electron chi connectivity index (χ4n) is 1.76. The number of hydrogen-bond donors (Lipinski definition) is 1. The molecule has 0 spiro atoms. The maximum Gasteiger partial charge on any atom is 0.408 e. The second-order valence-corrected chi connectivity index (χ2v) is 6.81. The second kappa shape index (κ2) is 4.44. The van der Waals surface area contributed by atoms with Crippen LogP contribution in [-0.4, -0.2) is 31.4 Å². The van der Waals surface area contributed by atoms with E-state index in [4.69, 9.17) is 4.74 Å². The first-order chi connectivity index (χ1) is 7.52. The van der Waals surface area contributed by atoms with Gasteiger partial charge in [0.25, 0.3) is 0 Å². The van der Waals surface area contributed by atoms with Crippen molar-refractivity contribution in [3.8, 4) is 0 Å². The zero-order valence-electron chi connectivity index (χ0n) is 10.2. The lowest BCUT2D eigenvalue weighted by atomic mass is 9.78. The molecule has 0 saturated heterocycles. The van der Waals surface area contributed by atoms with Crippen LogP contribution in [0.1, 0.15) is 40.0 Å². The highest BCUT2D eigenvalue weighted by molar-refractivity contribution is 7.86. The molecule has 0 heterocycles. The van der Waals surface area contributed by atoms with Crippen LogP contribution in [0.2, 0.25) is 0 Å². The lowest BCUT2D eigenvalue weighted by Gasteiger charge is -2.41. The van der Waals surface area contributed by atoms with Gasteiger partial charge in [0.2, 0.25) is 0 Å². The van der Waals surface area contributed by atoms with Crippen molar-refractivity contribution < 1.29 is 21.8 Å². The number of ether oxygens (including phenoxy) is 1. The van der Waals surface area contributed by atoms with Crippen LogP contribution >= 0.6 is 0 Å². The van der Waals surface area contributed by atoms with Crippen molar-refractivity contribution in [3.05, 3.63) is 0 Å². The second-order valence-electron chi connectivity index (χ2n) is 5.44. The Bertz CT molecular complexity index is 395. The maximum absolute atomic E-state index is 12.7. The predicted molar refractivity (Wildman–Crippen MR) is 60.8 cm³/mol. The standard InChI is InChI=1S/C10H18FNO4S/c1-9(2,3)16-8(13)12-10(5-4-6-10)7-17(11,14)15/h4-7H2,1-3H3,(H,12,13). The van der Waals surface area contributed by atoms with Crippen molar-refractivity contribution in [3.63, 3.8) is 0 Å². The van der Waals surface area contributed by atoms with Gasteiger partial charge < -0.3 is 10.1 Å². The molecule has 0 aliphatic heterocycles. The summed E-state index contributed by atoms with van der Waals surface area (Å²) in [4.78, 5) is 11.5. The molecule has 0 atom stereocenters. The fourth-order valence-corrected chi connectivity index (χ4v) is 2.78. The zero-order chi connectivity index (χ0) is 13.3. The van der Waals surface area contributed by atoms with Crippen molar-refractivity contribution in [2.24, 2.45) is 0 Å². The van der Waals surface area contributed by atoms with Crippen molar-refractivity contribution in [2.75, 3.05) is 5.75 Å². The van der Waals surface area contributed by atoms with E-state index in [9.17, 15) is 17.1 Å². The smallest absolute Gasteiger partial charge is 0.408 e. The molecule has 0 radical (unpaired) electrons. The highest BCUT2D eigenvalue weighted by Gasteiger charge is 2.43.